The molecular formula is C16H27FO2S. The summed E-state index contributed by atoms with van der Waals surface area (Å²) >= 11 is 0. The molecule has 1 unspecified atom stereocenters. The SMILES string of the molecule is CCCC(C[S@@](=O)C(C)(C)C)C1=C(F)CCC=C1OC. The average molecular weight is 302 g/mol. The molecule has 0 N–H and O–H groups in total. The zero-order valence-electron chi connectivity index (χ0n) is 13.3. The van der Waals surface area contributed by atoms with Gasteiger partial charge in [0.2, 0.25) is 0 Å². The van der Waals surface area contributed by atoms with Crippen molar-refractivity contribution in [1.82, 2.24) is 0 Å². The summed E-state index contributed by atoms with van der Waals surface area (Å²) in [6.45, 7) is 7.96. The van der Waals surface area contributed by atoms with Gasteiger partial charge < -0.3 is 4.74 Å². The minimum atomic E-state index is -0.986. The first-order valence-electron chi connectivity index (χ1n) is 7.32. The van der Waals surface area contributed by atoms with Gasteiger partial charge in [-0.05, 0) is 39.7 Å². The molecular weight excluding hydrogens is 275 g/mol. The van der Waals surface area contributed by atoms with Crippen molar-refractivity contribution in [1.29, 1.82) is 0 Å². The van der Waals surface area contributed by atoms with Crippen molar-refractivity contribution in [3.8, 4) is 0 Å². The number of hydrogen-bond acceptors (Lipinski definition) is 2. The largest absolute Gasteiger partial charge is 0.497 e. The van der Waals surface area contributed by atoms with Gasteiger partial charge in [-0.2, -0.15) is 0 Å². The molecule has 2 nitrogen and oxygen atoms in total. The van der Waals surface area contributed by atoms with Crippen LogP contribution in [-0.4, -0.2) is 21.8 Å². The van der Waals surface area contributed by atoms with E-state index in [1.807, 2.05) is 26.8 Å². The molecule has 0 aromatic rings. The fraction of sp³-hybridized carbons (Fsp3) is 0.750. The topological polar surface area (TPSA) is 26.3 Å². The highest BCUT2D eigenvalue weighted by molar-refractivity contribution is 7.86. The molecule has 0 saturated carbocycles. The fourth-order valence-electron chi connectivity index (χ4n) is 2.42. The predicted molar refractivity (Wildman–Crippen MR) is 83.6 cm³/mol. The molecule has 0 radical (unpaired) electrons. The first-order valence-corrected chi connectivity index (χ1v) is 8.64. The van der Waals surface area contributed by atoms with Crippen molar-refractivity contribution in [2.24, 2.45) is 5.92 Å². The molecule has 20 heavy (non-hydrogen) atoms. The lowest BCUT2D eigenvalue weighted by atomic mass is 9.89. The lowest BCUT2D eigenvalue weighted by Crippen LogP contribution is -2.29. The van der Waals surface area contributed by atoms with Gasteiger partial charge in [-0.3, -0.25) is 4.21 Å². The van der Waals surface area contributed by atoms with Crippen LogP contribution in [0.15, 0.2) is 23.2 Å². The molecule has 1 aliphatic rings. The molecule has 0 fully saturated rings. The lowest BCUT2D eigenvalue weighted by Gasteiger charge is -2.27. The van der Waals surface area contributed by atoms with Gasteiger partial charge in [0.15, 0.2) is 0 Å². The Morgan fingerprint density at radius 1 is 1.45 bits per heavy atom. The zero-order chi connectivity index (χ0) is 15.3. The van der Waals surface area contributed by atoms with E-state index in [2.05, 4.69) is 6.92 Å². The van der Waals surface area contributed by atoms with Crippen LogP contribution in [0.5, 0.6) is 0 Å². The molecule has 116 valence electrons. The first-order chi connectivity index (χ1) is 9.31. The summed E-state index contributed by atoms with van der Waals surface area (Å²) in [7, 11) is 0.592. The van der Waals surface area contributed by atoms with Gasteiger partial charge in [-0.15, -0.1) is 0 Å². The molecule has 0 saturated heterocycles. The van der Waals surface area contributed by atoms with Crippen LogP contribution in [-0.2, 0) is 15.5 Å². The van der Waals surface area contributed by atoms with E-state index >= 15 is 0 Å². The van der Waals surface area contributed by atoms with E-state index in [0.29, 0.717) is 29.9 Å². The lowest BCUT2D eigenvalue weighted by molar-refractivity contribution is 0.282. The molecule has 0 bridgehead atoms. The molecule has 0 amide bonds. The summed E-state index contributed by atoms with van der Waals surface area (Å²) in [6.07, 6.45) is 4.84. The number of rotatable bonds is 6. The fourth-order valence-corrected chi connectivity index (χ4v) is 3.62. The Morgan fingerprint density at radius 2 is 2.10 bits per heavy atom. The Bertz CT molecular complexity index is 419. The van der Waals surface area contributed by atoms with Gasteiger partial charge in [0.05, 0.1) is 7.11 Å². The second kappa shape index (κ2) is 7.39. The molecule has 0 spiro atoms. The Balaban J connectivity index is 3.01. The van der Waals surface area contributed by atoms with Crippen molar-refractivity contribution in [2.45, 2.75) is 58.1 Å². The van der Waals surface area contributed by atoms with Crippen LogP contribution >= 0.6 is 0 Å². The van der Waals surface area contributed by atoms with Crippen LogP contribution in [0.25, 0.3) is 0 Å². The normalized spacial score (nSPS) is 19.6. The summed E-state index contributed by atoms with van der Waals surface area (Å²) in [6, 6.07) is 0. The number of halogens is 1. The van der Waals surface area contributed by atoms with Crippen molar-refractivity contribution in [2.75, 3.05) is 12.9 Å². The predicted octanol–water partition coefficient (Wildman–Crippen LogP) is 4.50. The first kappa shape index (κ1) is 17.4. The van der Waals surface area contributed by atoms with Crippen LogP contribution in [0.2, 0.25) is 0 Å². The van der Waals surface area contributed by atoms with Crippen molar-refractivity contribution in [3.63, 3.8) is 0 Å². The monoisotopic (exact) mass is 302 g/mol. The maximum atomic E-state index is 14.3. The van der Waals surface area contributed by atoms with Crippen molar-refractivity contribution in [3.05, 3.63) is 23.2 Å². The molecule has 4 heteroatoms. The Morgan fingerprint density at radius 3 is 2.60 bits per heavy atom. The summed E-state index contributed by atoms with van der Waals surface area (Å²) in [5.41, 5.74) is 0.651. The minimum Gasteiger partial charge on any atom is -0.497 e. The van der Waals surface area contributed by atoms with Crippen molar-refractivity contribution < 1.29 is 13.3 Å². The summed E-state index contributed by atoms with van der Waals surface area (Å²) in [5.74, 6) is 1.03. The second-order valence-corrected chi connectivity index (χ2v) is 8.49. The van der Waals surface area contributed by atoms with Crippen LogP contribution in [0, 0.1) is 5.92 Å². The number of ether oxygens (including phenoxy) is 1. The van der Waals surface area contributed by atoms with Crippen LogP contribution < -0.4 is 0 Å². The van der Waals surface area contributed by atoms with E-state index in [4.69, 9.17) is 4.74 Å². The third-order valence-corrected chi connectivity index (χ3v) is 5.62. The van der Waals surface area contributed by atoms with Gasteiger partial charge >= 0.3 is 0 Å². The second-order valence-electron chi connectivity index (χ2n) is 6.24. The van der Waals surface area contributed by atoms with E-state index in [1.165, 1.54) is 0 Å². The average Bonchev–Trinajstić information content (AvgIpc) is 2.36. The van der Waals surface area contributed by atoms with Gasteiger partial charge in [0.1, 0.15) is 11.6 Å². The molecule has 0 heterocycles. The number of hydrogen-bond donors (Lipinski definition) is 0. The summed E-state index contributed by atoms with van der Waals surface area (Å²) in [5, 5.41) is 0. The van der Waals surface area contributed by atoms with Crippen LogP contribution in [0.3, 0.4) is 0 Å². The molecule has 0 aromatic carbocycles. The van der Waals surface area contributed by atoms with Crippen LogP contribution in [0.1, 0.15) is 53.4 Å². The van der Waals surface area contributed by atoms with Gasteiger partial charge in [-0.25, -0.2) is 4.39 Å². The van der Waals surface area contributed by atoms with E-state index in [0.717, 1.165) is 12.8 Å². The van der Waals surface area contributed by atoms with Gasteiger partial charge in [0, 0.05) is 39.2 Å². The maximum absolute atomic E-state index is 14.3. The summed E-state index contributed by atoms with van der Waals surface area (Å²) in [4.78, 5) is 0. The van der Waals surface area contributed by atoms with E-state index in [-0.39, 0.29) is 16.5 Å². The Hall–Kier alpha value is -0.640. The van der Waals surface area contributed by atoms with E-state index < -0.39 is 10.8 Å². The third kappa shape index (κ3) is 4.44. The molecule has 1 aliphatic carbocycles. The Labute approximate surface area is 124 Å². The summed E-state index contributed by atoms with van der Waals surface area (Å²) < 4.78 is 31.7. The standard InChI is InChI=1S/C16H27FO2S/c1-6-8-12(11-20(18)16(2,3)4)15-13(17)9-7-10-14(15)19-5/h10,12H,6-9,11H2,1-5H3/t12?,20-/m1/s1. The molecule has 2 atom stereocenters. The number of allylic oxidation sites excluding steroid dienone is 3. The van der Waals surface area contributed by atoms with Crippen LogP contribution in [0.4, 0.5) is 4.39 Å². The third-order valence-electron chi connectivity index (χ3n) is 3.55. The highest BCUT2D eigenvalue weighted by atomic mass is 32.2. The smallest absolute Gasteiger partial charge is 0.120 e. The maximum Gasteiger partial charge on any atom is 0.120 e. The van der Waals surface area contributed by atoms with Crippen molar-refractivity contribution >= 4 is 10.8 Å². The van der Waals surface area contributed by atoms with E-state index in [9.17, 15) is 8.60 Å². The molecule has 0 aromatic heterocycles. The zero-order valence-corrected chi connectivity index (χ0v) is 14.1. The quantitative estimate of drug-likeness (QED) is 0.722. The van der Waals surface area contributed by atoms with Gasteiger partial charge in [-0.1, -0.05) is 13.3 Å². The minimum absolute atomic E-state index is 0.0217. The molecule has 0 aliphatic heterocycles. The highest BCUT2D eigenvalue weighted by Gasteiger charge is 2.29. The highest BCUT2D eigenvalue weighted by Crippen LogP contribution is 2.35. The van der Waals surface area contributed by atoms with Gasteiger partial charge in [0.25, 0.3) is 0 Å². The van der Waals surface area contributed by atoms with E-state index in [1.54, 1.807) is 7.11 Å². The Kier molecular flexibility index (Phi) is 6.44. The molecule has 1 rings (SSSR count). The number of methoxy groups -OCH3 is 1.